The van der Waals surface area contributed by atoms with Gasteiger partial charge in [0.05, 0.1) is 23.9 Å². The van der Waals surface area contributed by atoms with E-state index in [-0.39, 0.29) is 5.97 Å². The number of aromatic nitrogens is 4. The second-order valence-electron chi connectivity index (χ2n) is 5.59. The van der Waals surface area contributed by atoms with Crippen molar-refractivity contribution in [3.8, 4) is 0 Å². The molecule has 7 heteroatoms. The molecule has 0 amide bonds. The van der Waals surface area contributed by atoms with Gasteiger partial charge in [-0.05, 0) is 32.8 Å². The highest BCUT2D eigenvalue weighted by Gasteiger charge is 2.23. The lowest BCUT2D eigenvalue weighted by atomic mass is 10.1. The normalized spacial score (nSPS) is 15.7. The fraction of sp³-hybridized carbons (Fsp3) is 0.500. The summed E-state index contributed by atoms with van der Waals surface area (Å²) >= 11 is 0. The van der Waals surface area contributed by atoms with Gasteiger partial charge in [-0.1, -0.05) is 0 Å². The monoisotopic (exact) mass is 315 g/mol. The summed E-state index contributed by atoms with van der Waals surface area (Å²) in [5, 5.41) is 4.32. The molecule has 1 fully saturated rings. The van der Waals surface area contributed by atoms with Crippen molar-refractivity contribution >= 4 is 11.9 Å². The number of aryl methyl sites for hydroxylation is 1. The highest BCUT2D eigenvalue weighted by Crippen LogP contribution is 2.24. The number of rotatable bonds is 4. The zero-order valence-corrected chi connectivity index (χ0v) is 13.5. The standard InChI is InChI=1S/C16H21N5O2/c1-3-23-15(22)14-11-17-16(19-12(14)2)20-9-5-13(6-10-20)21-8-4-7-18-21/h4,7-8,11,13H,3,5-6,9-10H2,1-2H3. The van der Waals surface area contributed by atoms with E-state index in [4.69, 9.17) is 4.74 Å². The smallest absolute Gasteiger partial charge is 0.341 e. The van der Waals surface area contributed by atoms with Crippen molar-refractivity contribution in [2.24, 2.45) is 0 Å². The van der Waals surface area contributed by atoms with Gasteiger partial charge in [0, 0.05) is 31.7 Å². The van der Waals surface area contributed by atoms with Gasteiger partial charge in [-0.15, -0.1) is 0 Å². The third-order valence-corrected chi connectivity index (χ3v) is 4.11. The largest absolute Gasteiger partial charge is 0.462 e. The zero-order valence-electron chi connectivity index (χ0n) is 13.5. The summed E-state index contributed by atoms with van der Waals surface area (Å²) in [4.78, 5) is 22.8. The summed E-state index contributed by atoms with van der Waals surface area (Å²) in [6.07, 6.45) is 7.39. The second kappa shape index (κ2) is 6.76. The fourth-order valence-corrected chi connectivity index (χ4v) is 2.84. The maximum atomic E-state index is 11.8. The third-order valence-electron chi connectivity index (χ3n) is 4.11. The Hall–Kier alpha value is -2.44. The zero-order chi connectivity index (χ0) is 16.2. The predicted octanol–water partition coefficient (Wildman–Crippen LogP) is 2.00. The van der Waals surface area contributed by atoms with Crippen molar-refractivity contribution < 1.29 is 9.53 Å². The molecule has 2 aromatic rings. The summed E-state index contributed by atoms with van der Waals surface area (Å²) in [5.41, 5.74) is 1.09. The molecule has 0 spiro atoms. The number of carbonyl (C=O) groups excluding carboxylic acids is 1. The Bertz CT molecular complexity index is 663. The van der Waals surface area contributed by atoms with Gasteiger partial charge in [0.15, 0.2) is 0 Å². The third kappa shape index (κ3) is 3.33. The van der Waals surface area contributed by atoms with Gasteiger partial charge in [0.2, 0.25) is 5.95 Å². The van der Waals surface area contributed by atoms with Gasteiger partial charge in [0.1, 0.15) is 0 Å². The van der Waals surface area contributed by atoms with Crippen LogP contribution in [-0.2, 0) is 4.74 Å². The number of nitrogens with zero attached hydrogens (tertiary/aromatic N) is 5. The molecular weight excluding hydrogens is 294 g/mol. The average Bonchev–Trinajstić information content (AvgIpc) is 3.09. The summed E-state index contributed by atoms with van der Waals surface area (Å²) in [5.74, 6) is 0.309. The molecule has 122 valence electrons. The molecule has 0 N–H and O–H groups in total. The molecule has 0 atom stereocenters. The van der Waals surface area contributed by atoms with Crippen LogP contribution in [0.2, 0.25) is 0 Å². The number of anilines is 1. The molecular formula is C16H21N5O2. The van der Waals surface area contributed by atoms with E-state index in [9.17, 15) is 4.79 Å². The van der Waals surface area contributed by atoms with Crippen LogP contribution in [0.5, 0.6) is 0 Å². The summed E-state index contributed by atoms with van der Waals surface area (Å²) in [7, 11) is 0. The molecule has 0 bridgehead atoms. The number of hydrogen-bond acceptors (Lipinski definition) is 6. The fourth-order valence-electron chi connectivity index (χ4n) is 2.84. The maximum absolute atomic E-state index is 11.8. The van der Waals surface area contributed by atoms with E-state index >= 15 is 0 Å². The molecule has 0 saturated carbocycles. The van der Waals surface area contributed by atoms with Crippen LogP contribution in [-0.4, -0.2) is 45.4 Å². The molecule has 1 saturated heterocycles. The van der Waals surface area contributed by atoms with Gasteiger partial charge in [0.25, 0.3) is 0 Å². The summed E-state index contributed by atoms with van der Waals surface area (Å²) in [6, 6.07) is 2.38. The molecule has 1 aliphatic heterocycles. The number of piperidine rings is 1. The Morgan fingerprint density at radius 2 is 2.17 bits per heavy atom. The lowest BCUT2D eigenvalue weighted by Gasteiger charge is -2.32. The topological polar surface area (TPSA) is 73.1 Å². The van der Waals surface area contributed by atoms with E-state index in [2.05, 4.69) is 20.0 Å². The molecule has 2 aromatic heterocycles. The highest BCUT2D eigenvalue weighted by atomic mass is 16.5. The first-order chi connectivity index (χ1) is 11.2. The van der Waals surface area contributed by atoms with Crippen LogP contribution >= 0.6 is 0 Å². The predicted molar refractivity (Wildman–Crippen MR) is 85.4 cm³/mol. The Labute approximate surface area is 135 Å². The van der Waals surface area contributed by atoms with Gasteiger partial charge in [-0.2, -0.15) is 5.10 Å². The molecule has 1 aliphatic rings. The molecule has 0 aliphatic carbocycles. The van der Waals surface area contributed by atoms with E-state index in [0.717, 1.165) is 25.9 Å². The van der Waals surface area contributed by atoms with Gasteiger partial charge < -0.3 is 9.64 Å². The van der Waals surface area contributed by atoms with E-state index in [1.165, 1.54) is 0 Å². The average molecular weight is 315 g/mol. The van der Waals surface area contributed by atoms with Crippen molar-refractivity contribution in [2.45, 2.75) is 32.7 Å². The van der Waals surface area contributed by atoms with Crippen molar-refractivity contribution in [2.75, 3.05) is 24.6 Å². The lowest BCUT2D eigenvalue weighted by molar-refractivity contribution is 0.0524. The first kappa shape index (κ1) is 15.5. The molecule has 7 nitrogen and oxygen atoms in total. The number of ether oxygens (including phenoxy) is 1. The van der Waals surface area contributed by atoms with Crippen LogP contribution in [0.15, 0.2) is 24.7 Å². The van der Waals surface area contributed by atoms with Gasteiger partial charge >= 0.3 is 5.97 Å². The Balaban J connectivity index is 1.66. The number of esters is 1. The number of hydrogen-bond donors (Lipinski definition) is 0. The minimum Gasteiger partial charge on any atom is -0.462 e. The Morgan fingerprint density at radius 1 is 1.39 bits per heavy atom. The van der Waals surface area contributed by atoms with Gasteiger partial charge in [-0.3, -0.25) is 4.68 Å². The van der Waals surface area contributed by atoms with Crippen LogP contribution < -0.4 is 4.90 Å². The number of carbonyl (C=O) groups is 1. The van der Waals surface area contributed by atoms with Crippen LogP contribution in [0.3, 0.4) is 0 Å². The minimum absolute atomic E-state index is 0.348. The lowest BCUT2D eigenvalue weighted by Crippen LogP contribution is -2.36. The van der Waals surface area contributed by atoms with Crippen molar-refractivity contribution in [3.05, 3.63) is 35.9 Å². The highest BCUT2D eigenvalue weighted by molar-refractivity contribution is 5.90. The van der Waals surface area contributed by atoms with Crippen LogP contribution in [0, 0.1) is 6.92 Å². The van der Waals surface area contributed by atoms with Gasteiger partial charge in [-0.25, -0.2) is 14.8 Å². The quantitative estimate of drug-likeness (QED) is 0.804. The van der Waals surface area contributed by atoms with Crippen LogP contribution in [0.1, 0.15) is 41.9 Å². The molecule has 0 unspecified atom stereocenters. The van der Waals surface area contributed by atoms with Crippen molar-refractivity contribution in [1.82, 2.24) is 19.7 Å². The molecule has 0 aromatic carbocycles. The molecule has 3 rings (SSSR count). The van der Waals surface area contributed by atoms with E-state index in [1.807, 2.05) is 30.1 Å². The molecule has 0 radical (unpaired) electrons. The SMILES string of the molecule is CCOC(=O)c1cnc(N2CCC(n3cccn3)CC2)nc1C. The van der Waals surface area contributed by atoms with E-state index < -0.39 is 0 Å². The Morgan fingerprint density at radius 3 is 2.78 bits per heavy atom. The summed E-state index contributed by atoms with van der Waals surface area (Å²) in [6.45, 7) is 5.70. The minimum atomic E-state index is -0.367. The second-order valence-corrected chi connectivity index (χ2v) is 5.59. The van der Waals surface area contributed by atoms with Crippen LogP contribution in [0.25, 0.3) is 0 Å². The van der Waals surface area contributed by atoms with Crippen molar-refractivity contribution in [1.29, 1.82) is 0 Å². The Kier molecular flexibility index (Phi) is 4.55. The first-order valence-corrected chi connectivity index (χ1v) is 7.94. The summed E-state index contributed by atoms with van der Waals surface area (Å²) < 4.78 is 7.03. The first-order valence-electron chi connectivity index (χ1n) is 7.94. The van der Waals surface area contributed by atoms with Crippen molar-refractivity contribution in [3.63, 3.8) is 0 Å². The molecule has 3 heterocycles. The maximum Gasteiger partial charge on any atom is 0.341 e. The molecule has 23 heavy (non-hydrogen) atoms. The van der Waals surface area contributed by atoms with E-state index in [1.54, 1.807) is 13.1 Å². The van der Waals surface area contributed by atoms with E-state index in [0.29, 0.717) is 29.9 Å². The van der Waals surface area contributed by atoms with Crippen LogP contribution in [0.4, 0.5) is 5.95 Å².